The normalized spacial score (nSPS) is 12.0. The van der Waals surface area contributed by atoms with Gasteiger partial charge < -0.3 is 14.8 Å². The second-order valence-corrected chi connectivity index (χ2v) is 4.98. The molecule has 6 heteroatoms. The molecule has 3 nitrogen and oxygen atoms in total. The molecule has 2 aromatic rings. The summed E-state index contributed by atoms with van der Waals surface area (Å²) < 4.78 is 45.6. The number of halogens is 3. The monoisotopic (exact) mass is 337 g/mol. The van der Waals surface area contributed by atoms with Crippen molar-refractivity contribution < 1.29 is 22.6 Å². The highest BCUT2D eigenvalue weighted by molar-refractivity contribution is 5.64. The average Bonchev–Trinajstić information content (AvgIpc) is 2.55. The summed E-state index contributed by atoms with van der Waals surface area (Å²) in [6.07, 6.45) is -2.82. The Bertz CT molecular complexity index is 694. The zero-order valence-corrected chi connectivity index (χ0v) is 13.4. The van der Waals surface area contributed by atoms with E-state index < -0.39 is 6.36 Å². The van der Waals surface area contributed by atoms with Crippen molar-refractivity contribution in [1.29, 1.82) is 0 Å². The summed E-state index contributed by atoms with van der Waals surface area (Å²) in [7, 11) is 1.61. The number of allylic oxidation sites excluding steroid dienone is 1. The Hall–Kier alpha value is -2.63. The maximum atomic E-state index is 12.2. The van der Waals surface area contributed by atoms with Crippen LogP contribution >= 0.6 is 0 Å². The Morgan fingerprint density at radius 2 is 1.79 bits per heavy atom. The van der Waals surface area contributed by atoms with Crippen LogP contribution in [0, 0.1) is 0 Å². The SMILES string of the molecule is C/C=C(/NCc1cccc(OC)c1)c1ccc(OC(F)(F)F)cc1. The summed E-state index contributed by atoms with van der Waals surface area (Å²) in [4.78, 5) is 0. The lowest BCUT2D eigenvalue weighted by Gasteiger charge is -2.13. The molecule has 128 valence electrons. The van der Waals surface area contributed by atoms with Gasteiger partial charge in [0.2, 0.25) is 0 Å². The molecular formula is C18H18F3NO2. The van der Waals surface area contributed by atoms with Gasteiger partial charge in [0.25, 0.3) is 0 Å². The molecule has 1 N–H and O–H groups in total. The summed E-state index contributed by atoms with van der Waals surface area (Å²) in [5.74, 6) is 0.527. The van der Waals surface area contributed by atoms with Crippen molar-refractivity contribution in [2.24, 2.45) is 0 Å². The molecule has 24 heavy (non-hydrogen) atoms. The number of alkyl halides is 3. The minimum absolute atomic E-state index is 0.241. The lowest BCUT2D eigenvalue weighted by molar-refractivity contribution is -0.274. The maximum Gasteiger partial charge on any atom is 0.573 e. The van der Waals surface area contributed by atoms with E-state index in [1.807, 2.05) is 37.3 Å². The third kappa shape index (κ3) is 5.22. The van der Waals surface area contributed by atoms with Crippen LogP contribution in [0.1, 0.15) is 18.1 Å². The highest BCUT2D eigenvalue weighted by Crippen LogP contribution is 2.24. The highest BCUT2D eigenvalue weighted by atomic mass is 19.4. The molecule has 0 saturated carbocycles. The van der Waals surface area contributed by atoms with Crippen LogP contribution in [0.5, 0.6) is 11.5 Å². The third-order valence-electron chi connectivity index (χ3n) is 3.30. The Kier molecular flexibility index (Phi) is 5.73. The fourth-order valence-corrected chi connectivity index (χ4v) is 2.19. The van der Waals surface area contributed by atoms with E-state index in [1.165, 1.54) is 12.1 Å². The van der Waals surface area contributed by atoms with Gasteiger partial charge in [0.15, 0.2) is 0 Å². The Morgan fingerprint density at radius 3 is 2.38 bits per heavy atom. The van der Waals surface area contributed by atoms with Gasteiger partial charge in [0, 0.05) is 12.2 Å². The third-order valence-corrected chi connectivity index (χ3v) is 3.30. The first kappa shape index (κ1) is 17.7. The Balaban J connectivity index is 2.03. The number of benzene rings is 2. The predicted molar refractivity (Wildman–Crippen MR) is 86.6 cm³/mol. The first-order valence-electron chi connectivity index (χ1n) is 7.30. The Morgan fingerprint density at radius 1 is 1.08 bits per heavy atom. The molecule has 0 aliphatic rings. The van der Waals surface area contributed by atoms with Crippen LogP contribution in [-0.4, -0.2) is 13.5 Å². The van der Waals surface area contributed by atoms with Crippen molar-refractivity contribution >= 4 is 5.70 Å². The van der Waals surface area contributed by atoms with Gasteiger partial charge in [-0.3, -0.25) is 0 Å². The summed E-state index contributed by atoms with van der Waals surface area (Å²) in [5.41, 5.74) is 2.62. The molecule has 0 amide bonds. The van der Waals surface area contributed by atoms with Crippen molar-refractivity contribution in [3.05, 3.63) is 65.7 Å². The molecule has 2 rings (SSSR count). The van der Waals surface area contributed by atoms with Crippen molar-refractivity contribution in [1.82, 2.24) is 5.32 Å². The molecule has 0 fully saturated rings. The largest absolute Gasteiger partial charge is 0.573 e. The van der Waals surface area contributed by atoms with Gasteiger partial charge in [0.1, 0.15) is 11.5 Å². The van der Waals surface area contributed by atoms with Crippen LogP contribution in [-0.2, 0) is 6.54 Å². The van der Waals surface area contributed by atoms with Crippen LogP contribution < -0.4 is 14.8 Å². The molecule has 0 spiro atoms. The lowest BCUT2D eigenvalue weighted by atomic mass is 10.1. The zero-order chi connectivity index (χ0) is 17.6. The summed E-state index contributed by atoms with van der Waals surface area (Å²) in [5, 5.41) is 3.26. The average molecular weight is 337 g/mol. The molecule has 2 aromatic carbocycles. The van der Waals surface area contributed by atoms with Crippen molar-refractivity contribution in [3.8, 4) is 11.5 Å². The number of ether oxygens (including phenoxy) is 2. The summed E-state index contributed by atoms with van der Waals surface area (Å²) in [6.45, 7) is 2.42. The quantitative estimate of drug-likeness (QED) is 0.825. The number of nitrogens with one attached hydrogen (secondary N) is 1. The predicted octanol–water partition coefficient (Wildman–Crippen LogP) is 4.74. The fourth-order valence-electron chi connectivity index (χ4n) is 2.19. The fraction of sp³-hybridized carbons (Fsp3) is 0.222. The van der Waals surface area contributed by atoms with E-state index in [9.17, 15) is 13.2 Å². The molecule has 0 saturated heterocycles. The van der Waals surface area contributed by atoms with Gasteiger partial charge in [-0.25, -0.2) is 0 Å². The van der Waals surface area contributed by atoms with Gasteiger partial charge >= 0.3 is 6.36 Å². The van der Waals surface area contributed by atoms with Gasteiger partial charge in [-0.15, -0.1) is 13.2 Å². The highest BCUT2D eigenvalue weighted by Gasteiger charge is 2.30. The summed E-state index contributed by atoms with van der Waals surface area (Å²) in [6, 6.07) is 13.4. The number of hydrogen-bond acceptors (Lipinski definition) is 3. The van der Waals surface area contributed by atoms with Crippen molar-refractivity contribution in [2.45, 2.75) is 19.8 Å². The van der Waals surface area contributed by atoms with Crippen LogP contribution in [0.3, 0.4) is 0 Å². The molecule has 0 radical (unpaired) electrons. The number of rotatable bonds is 6. The second-order valence-electron chi connectivity index (χ2n) is 4.98. The lowest BCUT2D eigenvalue weighted by Crippen LogP contribution is -2.17. The van der Waals surface area contributed by atoms with Crippen LogP contribution in [0.2, 0.25) is 0 Å². The molecule has 0 bridgehead atoms. The van der Waals surface area contributed by atoms with Gasteiger partial charge in [-0.1, -0.05) is 18.2 Å². The molecular weight excluding hydrogens is 319 g/mol. The topological polar surface area (TPSA) is 30.5 Å². The van der Waals surface area contributed by atoms with Gasteiger partial charge in [-0.2, -0.15) is 0 Å². The van der Waals surface area contributed by atoms with E-state index in [2.05, 4.69) is 10.1 Å². The molecule has 0 unspecified atom stereocenters. The minimum Gasteiger partial charge on any atom is -0.497 e. The van der Waals surface area contributed by atoms with E-state index in [0.717, 1.165) is 22.6 Å². The zero-order valence-electron chi connectivity index (χ0n) is 13.4. The van der Waals surface area contributed by atoms with Gasteiger partial charge in [-0.05, 0) is 54.4 Å². The van der Waals surface area contributed by atoms with E-state index in [-0.39, 0.29) is 5.75 Å². The van der Waals surface area contributed by atoms with E-state index in [0.29, 0.717) is 6.54 Å². The maximum absolute atomic E-state index is 12.2. The van der Waals surface area contributed by atoms with Crippen LogP contribution in [0.4, 0.5) is 13.2 Å². The van der Waals surface area contributed by atoms with Crippen molar-refractivity contribution in [2.75, 3.05) is 7.11 Å². The number of methoxy groups -OCH3 is 1. The second kappa shape index (κ2) is 7.77. The molecule has 0 aliphatic carbocycles. The smallest absolute Gasteiger partial charge is 0.497 e. The standard InChI is InChI=1S/C18H18F3NO2/c1-3-17(22-12-13-5-4-6-16(11-13)23-2)14-7-9-15(10-8-14)24-18(19,20)21/h3-11,22H,12H2,1-2H3/b17-3+. The van der Waals surface area contributed by atoms with Crippen LogP contribution in [0.25, 0.3) is 5.70 Å². The summed E-state index contributed by atoms with van der Waals surface area (Å²) >= 11 is 0. The van der Waals surface area contributed by atoms with E-state index in [1.54, 1.807) is 19.2 Å². The van der Waals surface area contributed by atoms with Gasteiger partial charge in [0.05, 0.1) is 7.11 Å². The van der Waals surface area contributed by atoms with Crippen LogP contribution in [0.15, 0.2) is 54.6 Å². The minimum atomic E-state index is -4.68. The Labute approximate surface area is 138 Å². The number of hydrogen-bond donors (Lipinski definition) is 1. The molecule has 0 atom stereocenters. The van der Waals surface area contributed by atoms with E-state index >= 15 is 0 Å². The first-order valence-corrected chi connectivity index (χ1v) is 7.30. The molecule has 0 aliphatic heterocycles. The molecule has 0 heterocycles. The molecule has 0 aromatic heterocycles. The van der Waals surface area contributed by atoms with E-state index in [4.69, 9.17) is 4.74 Å². The van der Waals surface area contributed by atoms with Crippen molar-refractivity contribution in [3.63, 3.8) is 0 Å². The first-order chi connectivity index (χ1) is 11.4.